The Morgan fingerprint density at radius 2 is 2.20 bits per heavy atom. The van der Waals surface area contributed by atoms with Gasteiger partial charge in [-0.2, -0.15) is 5.26 Å². The number of nitriles is 1. The monoisotopic (exact) mass is 398 g/mol. The number of aromatic hydroxyl groups is 1. The van der Waals surface area contributed by atoms with Gasteiger partial charge in [-0.1, -0.05) is 6.07 Å². The van der Waals surface area contributed by atoms with E-state index in [9.17, 15) is 20.5 Å². The average Bonchev–Trinajstić information content (AvgIpc) is 2.98. The summed E-state index contributed by atoms with van der Waals surface area (Å²) in [6.07, 6.45) is 1.47. The summed E-state index contributed by atoms with van der Waals surface area (Å²) in [5.41, 5.74) is 2.75. The van der Waals surface area contributed by atoms with E-state index in [0.29, 0.717) is 11.4 Å². The molecule has 0 radical (unpaired) electrons. The Morgan fingerprint density at radius 3 is 2.88 bits per heavy atom. The van der Waals surface area contributed by atoms with Crippen LogP contribution in [0.2, 0.25) is 0 Å². The molecule has 7 nitrogen and oxygen atoms in total. The molecule has 0 atom stereocenters. The maximum atomic E-state index is 11.0. The smallest absolute Gasteiger partial charge is 0.312 e. The lowest BCUT2D eigenvalue weighted by Crippen LogP contribution is -1.91. The van der Waals surface area contributed by atoms with Crippen molar-refractivity contribution >= 4 is 44.3 Å². The number of phenols is 1. The molecule has 25 heavy (non-hydrogen) atoms. The van der Waals surface area contributed by atoms with Crippen molar-refractivity contribution in [2.75, 3.05) is 0 Å². The largest absolute Gasteiger partial charge is 0.501 e. The van der Waals surface area contributed by atoms with Gasteiger partial charge in [0.25, 0.3) is 0 Å². The Labute approximate surface area is 150 Å². The minimum atomic E-state index is -0.687. The number of halogens is 1. The minimum absolute atomic E-state index is 0.172. The molecule has 8 heteroatoms. The van der Waals surface area contributed by atoms with Gasteiger partial charge in [-0.25, -0.2) is 4.98 Å². The van der Waals surface area contributed by atoms with Gasteiger partial charge in [-0.3, -0.25) is 10.1 Å². The maximum absolute atomic E-state index is 11.0. The fraction of sp³-hybridized carbons (Fsp3) is 0.0588. The van der Waals surface area contributed by atoms with E-state index in [4.69, 9.17) is 0 Å². The normalized spacial score (nSPS) is 11.5. The Hall–Kier alpha value is -3.18. The van der Waals surface area contributed by atoms with Crippen LogP contribution < -0.4 is 0 Å². The van der Waals surface area contributed by atoms with Gasteiger partial charge in [0.05, 0.1) is 26.0 Å². The Morgan fingerprint density at radius 1 is 1.44 bits per heavy atom. The first-order chi connectivity index (χ1) is 11.9. The van der Waals surface area contributed by atoms with Crippen molar-refractivity contribution in [2.45, 2.75) is 6.92 Å². The van der Waals surface area contributed by atoms with Crippen LogP contribution in [-0.2, 0) is 0 Å². The first kappa shape index (κ1) is 16.7. The number of hydrogen-bond acceptors (Lipinski definition) is 5. The first-order valence-corrected chi connectivity index (χ1v) is 7.94. The molecule has 124 valence electrons. The van der Waals surface area contributed by atoms with E-state index >= 15 is 0 Å². The van der Waals surface area contributed by atoms with Gasteiger partial charge >= 0.3 is 5.69 Å². The van der Waals surface area contributed by atoms with Crippen LogP contribution in [0.25, 0.3) is 22.7 Å². The summed E-state index contributed by atoms with van der Waals surface area (Å²) < 4.78 is 0.172. The number of aryl methyl sites for hydroxylation is 1. The van der Waals surface area contributed by atoms with Gasteiger partial charge in [0.15, 0.2) is 0 Å². The number of phenolic OH excluding ortho intramolecular Hbond substituents is 1. The van der Waals surface area contributed by atoms with Gasteiger partial charge in [0, 0.05) is 6.07 Å². The number of aromatic amines is 1. The molecule has 0 aliphatic heterocycles. The predicted molar refractivity (Wildman–Crippen MR) is 96.8 cm³/mol. The van der Waals surface area contributed by atoms with E-state index in [0.717, 1.165) is 16.6 Å². The molecule has 0 saturated heterocycles. The summed E-state index contributed by atoms with van der Waals surface area (Å²) in [7, 11) is 0. The lowest BCUT2D eigenvalue weighted by Gasteiger charge is -2.02. The zero-order chi connectivity index (χ0) is 18.1. The van der Waals surface area contributed by atoms with Gasteiger partial charge in [0.2, 0.25) is 5.75 Å². The number of allylic oxidation sites excluding steroid dienone is 1. The van der Waals surface area contributed by atoms with Crippen molar-refractivity contribution in [1.82, 2.24) is 9.97 Å². The summed E-state index contributed by atoms with van der Waals surface area (Å²) >= 11 is 3.08. The van der Waals surface area contributed by atoms with Crippen molar-refractivity contribution in [3.05, 3.63) is 61.9 Å². The number of nitro benzene ring substituents is 1. The Balaban J connectivity index is 2.11. The molecule has 0 amide bonds. The van der Waals surface area contributed by atoms with Gasteiger partial charge < -0.3 is 10.1 Å². The van der Waals surface area contributed by atoms with E-state index < -0.39 is 16.4 Å². The van der Waals surface area contributed by atoms with Crippen LogP contribution in [0.15, 0.2) is 34.8 Å². The standard InChI is InChI=1S/C17H11BrN4O3/c1-9-2-3-13-14(4-9)21-17(20-13)11(8-19)5-10-6-12(18)16(23)15(7-10)22(24)25/h2-7,23H,1H3,(H,20,21)/b11-5-. The highest BCUT2D eigenvalue weighted by Crippen LogP contribution is 2.36. The average molecular weight is 399 g/mol. The lowest BCUT2D eigenvalue weighted by molar-refractivity contribution is -0.386. The molecule has 0 saturated carbocycles. The molecular weight excluding hydrogens is 388 g/mol. The summed E-state index contributed by atoms with van der Waals surface area (Å²) in [4.78, 5) is 17.8. The SMILES string of the molecule is Cc1ccc2nc(/C(C#N)=C\c3cc(Br)c(O)c([N+](=O)[O-])c3)[nH]c2c1. The van der Waals surface area contributed by atoms with Crippen molar-refractivity contribution in [3.63, 3.8) is 0 Å². The number of nitrogens with one attached hydrogen (secondary N) is 1. The van der Waals surface area contributed by atoms with E-state index in [2.05, 4.69) is 25.9 Å². The second kappa shape index (κ2) is 6.37. The third kappa shape index (κ3) is 3.22. The van der Waals surface area contributed by atoms with Gasteiger partial charge in [-0.15, -0.1) is 0 Å². The van der Waals surface area contributed by atoms with Gasteiger partial charge in [0.1, 0.15) is 11.9 Å². The van der Waals surface area contributed by atoms with Crippen LogP contribution in [0, 0.1) is 28.4 Å². The summed E-state index contributed by atoms with van der Waals surface area (Å²) in [6, 6.07) is 10.4. The number of fused-ring (bicyclic) bond motifs is 1. The van der Waals surface area contributed by atoms with Crippen molar-refractivity contribution in [3.8, 4) is 11.8 Å². The second-order valence-corrected chi connectivity index (χ2v) is 6.26. The molecule has 0 aliphatic rings. The van der Waals surface area contributed by atoms with E-state index in [-0.39, 0.29) is 10.0 Å². The molecule has 2 N–H and O–H groups in total. The summed E-state index contributed by atoms with van der Waals surface area (Å²) in [5, 5.41) is 30.2. The molecule has 3 aromatic rings. The number of imidazole rings is 1. The highest BCUT2D eigenvalue weighted by Gasteiger charge is 2.18. The topological polar surface area (TPSA) is 116 Å². The molecule has 1 heterocycles. The summed E-state index contributed by atoms with van der Waals surface area (Å²) in [6.45, 7) is 1.95. The molecule has 0 bridgehead atoms. The van der Waals surface area contributed by atoms with Crippen molar-refractivity contribution < 1.29 is 10.0 Å². The third-order valence-corrected chi connectivity index (χ3v) is 4.19. The van der Waals surface area contributed by atoms with Crippen LogP contribution in [-0.4, -0.2) is 20.0 Å². The number of rotatable bonds is 3. The third-order valence-electron chi connectivity index (χ3n) is 3.59. The molecule has 0 fully saturated rings. The molecule has 0 spiro atoms. The highest BCUT2D eigenvalue weighted by molar-refractivity contribution is 9.10. The Kier molecular flexibility index (Phi) is 4.25. The first-order valence-electron chi connectivity index (χ1n) is 7.14. The Bertz CT molecular complexity index is 1080. The zero-order valence-electron chi connectivity index (χ0n) is 12.9. The van der Waals surface area contributed by atoms with Crippen LogP contribution in [0.3, 0.4) is 0 Å². The minimum Gasteiger partial charge on any atom is -0.501 e. The van der Waals surface area contributed by atoms with Crippen LogP contribution >= 0.6 is 15.9 Å². The number of nitrogens with zero attached hydrogens (tertiary/aromatic N) is 3. The zero-order valence-corrected chi connectivity index (χ0v) is 14.5. The number of aromatic nitrogens is 2. The van der Waals surface area contributed by atoms with Crippen LogP contribution in [0.1, 0.15) is 17.0 Å². The number of H-pyrrole nitrogens is 1. The van der Waals surface area contributed by atoms with E-state index in [1.54, 1.807) is 0 Å². The number of benzene rings is 2. The second-order valence-electron chi connectivity index (χ2n) is 5.40. The fourth-order valence-corrected chi connectivity index (χ4v) is 2.87. The maximum Gasteiger partial charge on any atom is 0.312 e. The molecule has 1 aromatic heterocycles. The lowest BCUT2D eigenvalue weighted by atomic mass is 10.1. The summed E-state index contributed by atoms with van der Waals surface area (Å²) in [5.74, 6) is -0.0881. The quantitative estimate of drug-likeness (QED) is 0.387. The molecule has 2 aromatic carbocycles. The molecular formula is C17H11BrN4O3. The number of nitro groups is 1. The van der Waals surface area contributed by atoms with Gasteiger partial charge in [-0.05, 0) is 58.3 Å². The predicted octanol–water partition coefficient (Wildman–Crippen LogP) is 4.31. The van der Waals surface area contributed by atoms with Crippen LogP contribution in [0.5, 0.6) is 5.75 Å². The molecule has 0 unspecified atom stereocenters. The van der Waals surface area contributed by atoms with Crippen LogP contribution in [0.4, 0.5) is 5.69 Å². The molecule has 3 rings (SSSR count). The van der Waals surface area contributed by atoms with E-state index in [1.165, 1.54) is 18.2 Å². The molecule has 0 aliphatic carbocycles. The van der Waals surface area contributed by atoms with Crippen molar-refractivity contribution in [2.24, 2.45) is 0 Å². The highest BCUT2D eigenvalue weighted by atomic mass is 79.9. The van der Waals surface area contributed by atoms with E-state index in [1.807, 2.05) is 31.2 Å². The number of hydrogen-bond donors (Lipinski definition) is 2. The van der Waals surface area contributed by atoms with Crippen molar-refractivity contribution in [1.29, 1.82) is 5.26 Å². The fourth-order valence-electron chi connectivity index (χ4n) is 2.40.